The largest absolute Gasteiger partial charge is 0.489 e. The van der Waals surface area contributed by atoms with Crippen LogP contribution in [0, 0.1) is 11.5 Å². The van der Waals surface area contributed by atoms with E-state index in [0.29, 0.717) is 11.8 Å². The molecule has 1 aromatic carbocycles. The predicted octanol–water partition coefficient (Wildman–Crippen LogP) is 2.90. The van der Waals surface area contributed by atoms with Gasteiger partial charge in [0.1, 0.15) is 12.4 Å². The Bertz CT molecular complexity index is 672. The molecule has 1 heterocycles. The second kappa shape index (κ2) is 8.10. The fraction of sp³-hybridized carbons (Fsp3) is 0.267. The minimum Gasteiger partial charge on any atom is -0.489 e. The summed E-state index contributed by atoms with van der Waals surface area (Å²) in [6, 6.07) is 7.40. The molecule has 6 nitrogen and oxygen atoms in total. The third kappa shape index (κ3) is 4.53. The number of rotatable bonds is 5. The molecule has 0 amide bonds. The van der Waals surface area contributed by atoms with Gasteiger partial charge in [0.15, 0.2) is 11.4 Å². The topological polar surface area (TPSA) is 75.2 Å². The Morgan fingerprint density at radius 3 is 2.82 bits per heavy atom. The van der Waals surface area contributed by atoms with Gasteiger partial charge in [0, 0.05) is 18.3 Å². The highest BCUT2D eigenvalue weighted by Crippen LogP contribution is 2.20. The molecule has 1 N–H and O–H groups in total. The summed E-state index contributed by atoms with van der Waals surface area (Å²) in [5.41, 5.74) is 1.80. The molecule has 0 aliphatic heterocycles. The van der Waals surface area contributed by atoms with E-state index in [4.69, 9.17) is 10.00 Å². The first-order valence-corrected chi connectivity index (χ1v) is 7.99. The quantitative estimate of drug-likeness (QED) is 0.397. The van der Waals surface area contributed by atoms with Crippen molar-refractivity contribution in [2.24, 2.45) is 4.99 Å². The van der Waals surface area contributed by atoms with Crippen LogP contribution in [-0.2, 0) is 13.2 Å². The van der Waals surface area contributed by atoms with Crippen LogP contribution in [0.5, 0.6) is 5.75 Å². The molecule has 0 bridgehead atoms. The fourth-order valence-electron chi connectivity index (χ4n) is 1.73. The minimum absolute atomic E-state index is 0.481. The van der Waals surface area contributed by atoms with Crippen LogP contribution in [0.1, 0.15) is 12.5 Å². The summed E-state index contributed by atoms with van der Waals surface area (Å²) in [6.45, 7) is 3.37. The normalized spacial score (nSPS) is 11.0. The van der Waals surface area contributed by atoms with Crippen molar-refractivity contribution in [2.75, 3.05) is 6.26 Å². The van der Waals surface area contributed by atoms with Crippen molar-refractivity contribution in [1.29, 1.82) is 5.26 Å². The van der Waals surface area contributed by atoms with E-state index in [1.54, 1.807) is 6.20 Å². The van der Waals surface area contributed by atoms with Crippen molar-refractivity contribution >= 4 is 22.6 Å². The van der Waals surface area contributed by atoms with Crippen molar-refractivity contribution in [1.82, 2.24) is 15.1 Å². The molecule has 7 heteroatoms. The lowest BCUT2D eigenvalue weighted by Gasteiger charge is -2.05. The van der Waals surface area contributed by atoms with Crippen LogP contribution in [0.3, 0.4) is 0 Å². The van der Waals surface area contributed by atoms with Gasteiger partial charge < -0.3 is 4.74 Å². The van der Waals surface area contributed by atoms with Crippen LogP contribution in [0.2, 0.25) is 0 Å². The van der Waals surface area contributed by atoms with Gasteiger partial charge in [-0.1, -0.05) is 11.8 Å². The van der Waals surface area contributed by atoms with Gasteiger partial charge in [-0.2, -0.15) is 10.4 Å². The Hall–Kier alpha value is -2.46. The second-order valence-corrected chi connectivity index (χ2v) is 5.14. The average molecular weight is 315 g/mol. The van der Waals surface area contributed by atoms with Crippen molar-refractivity contribution in [2.45, 2.75) is 20.1 Å². The Morgan fingerprint density at radius 1 is 1.45 bits per heavy atom. The lowest BCUT2D eigenvalue weighted by molar-refractivity contribution is 0.306. The summed E-state index contributed by atoms with van der Waals surface area (Å²) in [5.74, 6) is 0.766. The molecule has 0 saturated carbocycles. The highest BCUT2D eigenvalue weighted by atomic mass is 32.2. The second-order valence-electron chi connectivity index (χ2n) is 4.34. The van der Waals surface area contributed by atoms with Gasteiger partial charge in [0.05, 0.1) is 11.9 Å². The van der Waals surface area contributed by atoms with Crippen LogP contribution < -0.4 is 10.1 Å². The number of nitrogens with one attached hydrogen (secondary N) is 1. The SMILES string of the molecule is CCn1cc(COc2ccc(N=C(NC#N)SC)cc2)cn1. The Morgan fingerprint density at radius 2 is 2.23 bits per heavy atom. The molecule has 0 fully saturated rings. The monoisotopic (exact) mass is 315 g/mol. The van der Waals surface area contributed by atoms with Crippen molar-refractivity contribution in [3.05, 3.63) is 42.2 Å². The van der Waals surface area contributed by atoms with Gasteiger partial charge in [-0.15, -0.1) is 0 Å². The van der Waals surface area contributed by atoms with E-state index >= 15 is 0 Å². The van der Waals surface area contributed by atoms with Gasteiger partial charge in [0.2, 0.25) is 0 Å². The zero-order chi connectivity index (χ0) is 15.8. The van der Waals surface area contributed by atoms with Crippen LogP contribution in [0.15, 0.2) is 41.7 Å². The highest BCUT2D eigenvalue weighted by Gasteiger charge is 2.01. The van der Waals surface area contributed by atoms with E-state index in [1.165, 1.54) is 11.8 Å². The number of nitrogens with zero attached hydrogens (tertiary/aromatic N) is 4. The smallest absolute Gasteiger partial charge is 0.183 e. The summed E-state index contributed by atoms with van der Waals surface area (Å²) in [4.78, 5) is 4.32. The summed E-state index contributed by atoms with van der Waals surface area (Å²) >= 11 is 1.38. The van der Waals surface area contributed by atoms with Gasteiger partial charge in [0.25, 0.3) is 0 Å². The Kier molecular flexibility index (Phi) is 5.86. The highest BCUT2D eigenvalue weighted by molar-refractivity contribution is 8.13. The first kappa shape index (κ1) is 15.9. The molecule has 0 saturated heterocycles. The van der Waals surface area contributed by atoms with Gasteiger partial charge in [-0.05, 0) is 37.4 Å². The summed E-state index contributed by atoms with van der Waals surface area (Å²) in [7, 11) is 0. The van der Waals surface area contributed by atoms with E-state index in [2.05, 4.69) is 15.4 Å². The van der Waals surface area contributed by atoms with E-state index in [9.17, 15) is 0 Å². The summed E-state index contributed by atoms with van der Waals surface area (Å²) < 4.78 is 7.57. The first-order chi connectivity index (χ1) is 10.7. The molecular weight excluding hydrogens is 298 g/mol. The first-order valence-electron chi connectivity index (χ1n) is 6.77. The average Bonchev–Trinajstić information content (AvgIpc) is 3.02. The number of aryl methyl sites for hydroxylation is 1. The van der Waals surface area contributed by atoms with Gasteiger partial charge in [-0.3, -0.25) is 10.00 Å². The third-order valence-electron chi connectivity index (χ3n) is 2.84. The van der Waals surface area contributed by atoms with E-state index in [1.807, 2.05) is 54.5 Å². The zero-order valence-corrected chi connectivity index (χ0v) is 13.3. The number of aromatic nitrogens is 2. The molecular formula is C15H17N5OS. The number of benzene rings is 1. The maximum absolute atomic E-state index is 8.61. The Labute approximate surface area is 133 Å². The predicted molar refractivity (Wildman–Crippen MR) is 88.0 cm³/mol. The number of hydrogen-bond acceptors (Lipinski definition) is 5. The molecule has 0 unspecified atom stereocenters. The minimum atomic E-state index is 0.481. The number of nitriles is 1. The van der Waals surface area contributed by atoms with Gasteiger partial charge >= 0.3 is 0 Å². The van der Waals surface area contributed by atoms with E-state index in [0.717, 1.165) is 23.5 Å². The molecule has 114 valence electrons. The lowest BCUT2D eigenvalue weighted by atomic mass is 10.3. The molecule has 2 aromatic rings. The molecule has 1 aromatic heterocycles. The van der Waals surface area contributed by atoms with Crippen LogP contribution in [0.25, 0.3) is 0 Å². The Balaban J connectivity index is 1.95. The van der Waals surface area contributed by atoms with Crippen molar-refractivity contribution in [3.8, 4) is 11.9 Å². The number of aliphatic imine (C=N–C) groups is 1. The summed E-state index contributed by atoms with van der Waals surface area (Å²) in [5, 5.41) is 15.9. The molecule has 0 aliphatic rings. The molecule has 0 atom stereocenters. The van der Waals surface area contributed by atoms with Crippen LogP contribution in [-0.4, -0.2) is 21.2 Å². The molecule has 0 radical (unpaired) electrons. The lowest BCUT2D eigenvalue weighted by Crippen LogP contribution is -2.12. The number of thioether (sulfide) groups is 1. The van der Waals surface area contributed by atoms with E-state index < -0.39 is 0 Å². The number of ether oxygens (including phenoxy) is 1. The van der Waals surface area contributed by atoms with Crippen LogP contribution in [0.4, 0.5) is 5.69 Å². The molecule has 22 heavy (non-hydrogen) atoms. The van der Waals surface area contributed by atoms with Crippen LogP contribution >= 0.6 is 11.8 Å². The third-order valence-corrected chi connectivity index (χ3v) is 3.42. The zero-order valence-electron chi connectivity index (χ0n) is 12.5. The maximum atomic E-state index is 8.61. The number of hydrogen-bond donors (Lipinski definition) is 1. The van der Waals surface area contributed by atoms with E-state index in [-0.39, 0.29) is 0 Å². The number of amidine groups is 1. The maximum Gasteiger partial charge on any atom is 0.183 e. The van der Waals surface area contributed by atoms with Crippen molar-refractivity contribution in [3.63, 3.8) is 0 Å². The van der Waals surface area contributed by atoms with Crippen molar-refractivity contribution < 1.29 is 4.74 Å². The molecule has 0 aliphatic carbocycles. The summed E-state index contributed by atoms with van der Waals surface area (Å²) in [6.07, 6.45) is 7.49. The fourth-order valence-corrected chi connectivity index (χ4v) is 2.07. The molecule has 2 rings (SSSR count). The standard InChI is InChI=1S/C15H17N5OS/c1-3-20-9-12(8-18-20)10-21-14-6-4-13(5-7-14)19-15(22-2)17-11-16/h4-9H,3,10H2,1-2H3,(H,17,19). The molecule has 0 spiro atoms. The van der Waals surface area contributed by atoms with Gasteiger partial charge in [-0.25, -0.2) is 4.99 Å².